The monoisotopic (exact) mass is 420 g/mol. The van der Waals surface area contributed by atoms with Crippen LogP contribution >= 0.6 is 11.8 Å². The zero-order valence-corrected chi connectivity index (χ0v) is 19.4. The number of ether oxygens (including phenoxy) is 2. The summed E-state index contributed by atoms with van der Waals surface area (Å²) in [5.41, 5.74) is -0.497. The van der Waals surface area contributed by atoms with Gasteiger partial charge in [-0.05, 0) is 64.0 Å². The van der Waals surface area contributed by atoms with Crippen molar-refractivity contribution in [1.82, 2.24) is 0 Å². The highest BCUT2D eigenvalue weighted by molar-refractivity contribution is 8.00. The van der Waals surface area contributed by atoms with Gasteiger partial charge in [0.25, 0.3) is 0 Å². The molecule has 0 aliphatic rings. The summed E-state index contributed by atoms with van der Waals surface area (Å²) in [5.74, 6) is 0.625. The lowest BCUT2D eigenvalue weighted by Gasteiger charge is -2.12. The molecule has 0 saturated carbocycles. The molecule has 29 heavy (non-hydrogen) atoms. The van der Waals surface area contributed by atoms with E-state index in [1.165, 1.54) is 11.8 Å². The zero-order chi connectivity index (χ0) is 21.4. The van der Waals surface area contributed by atoms with Crippen molar-refractivity contribution in [2.24, 2.45) is 0 Å². The second-order valence-corrected chi connectivity index (χ2v) is 7.56. The van der Waals surface area contributed by atoms with Crippen molar-refractivity contribution < 1.29 is 14.3 Å². The molecule has 0 radical (unpaired) electrons. The van der Waals surface area contributed by atoms with Crippen LogP contribution in [-0.4, -0.2) is 30.9 Å². The number of methoxy groups -OCH3 is 1. The summed E-state index contributed by atoms with van der Waals surface area (Å²) in [6.45, 7) is 4.35. The number of hydrogen-bond donors (Lipinski definition) is 0. The van der Waals surface area contributed by atoms with E-state index in [-0.39, 0.29) is 5.97 Å². The molecule has 0 rings (SSSR count). The lowest BCUT2D eigenvalue weighted by Crippen LogP contribution is -2.22. The molecule has 0 aromatic carbocycles. The molecule has 0 amide bonds. The topological polar surface area (TPSA) is 35.5 Å². The molecule has 0 N–H and O–H groups in total. The fraction of sp³-hybridized carbons (Fsp3) is 0.560. The van der Waals surface area contributed by atoms with Crippen LogP contribution in [0, 0.1) is 0 Å². The minimum atomic E-state index is -0.497. The van der Waals surface area contributed by atoms with Gasteiger partial charge < -0.3 is 9.47 Å². The Labute approximate surface area is 183 Å². The van der Waals surface area contributed by atoms with Crippen LogP contribution < -0.4 is 0 Å². The number of allylic oxidation sites excluding steroid dienone is 10. The first-order valence-electron chi connectivity index (χ1n) is 10.8. The van der Waals surface area contributed by atoms with Crippen LogP contribution in [0.25, 0.3) is 0 Å². The molecule has 0 aromatic heterocycles. The maximum Gasteiger partial charge on any atom is 0.345 e. The Kier molecular flexibility index (Phi) is 21.6. The third-order valence-corrected chi connectivity index (χ3v) is 5.10. The quantitative estimate of drug-likeness (QED) is 0.102. The molecule has 0 bridgehead atoms. The van der Waals surface area contributed by atoms with E-state index in [2.05, 4.69) is 67.7 Å². The van der Waals surface area contributed by atoms with E-state index in [0.29, 0.717) is 6.61 Å². The second kappa shape index (κ2) is 22.8. The summed E-state index contributed by atoms with van der Waals surface area (Å²) >= 11 is 1.51. The van der Waals surface area contributed by atoms with Crippen LogP contribution in [-0.2, 0) is 14.3 Å². The van der Waals surface area contributed by atoms with Crippen molar-refractivity contribution in [3.63, 3.8) is 0 Å². The van der Waals surface area contributed by atoms with Crippen molar-refractivity contribution in [3.05, 3.63) is 60.8 Å². The van der Waals surface area contributed by atoms with Gasteiger partial charge in [-0.3, -0.25) is 0 Å². The van der Waals surface area contributed by atoms with Crippen LogP contribution in [0.4, 0.5) is 0 Å². The molecule has 164 valence electrons. The SMILES string of the molecule is CCC=CCC=CCC=CCC=CCC=CCCCCSC(OC)C(=O)OCC. The molecule has 0 saturated heterocycles. The molecule has 0 aromatic rings. The minimum absolute atomic E-state index is 0.280. The van der Waals surface area contributed by atoms with E-state index in [1.807, 2.05) is 0 Å². The van der Waals surface area contributed by atoms with Gasteiger partial charge in [-0.2, -0.15) is 0 Å². The summed E-state index contributed by atoms with van der Waals surface area (Å²) in [5, 5.41) is 0. The highest BCUT2D eigenvalue weighted by Gasteiger charge is 2.18. The molecule has 0 fully saturated rings. The first-order valence-corrected chi connectivity index (χ1v) is 11.9. The third kappa shape index (κ3) is 19.6. The van der Waals surface area contributed by atoms with E-state index < -0.39 is 5.44 Å². The fourth-order valence-electron chi connectivity index (χ4n) is 2.37. The van der Waals surface area contributed by atoms with E-state index in [4.69, 9.17) is 9.47 Å². The van der Waals surface area contributed by atoms with Crippen LogP contribution in [0.2, 0.25) is 0 Å². The zero-order valence-electron chi connectivity index (χ0n) is 18.6. The number of esters is 1. The first kappa shape index (κ1) is 27.5. The van der Waals surface area contributed by atoms with Gasteiger partial charge in [-0.25, -0.2) is 4.79 Å². The maximum atomic E-state index is 11.6. The molecule has 1 unspecified atom stereocenters. The summed E-state index contributed by atoms with van der Waals surface area (Å²) in [4.78, 5) is 11.6. The standard InChI is InChI=1S/C25H40O3S/c1-4-6-7-8-9-10-11-12-13-14-15-16-17-18-19-20-21-22-23-29-25(27-3)24(26)28-5-2/h6-7,9-10,12-13,15-16,18-19,25H,4-5,8,11,14,17,20-23H2,1-3H3. The van der Waals surface area contributed by atoms with Gasteiger partial charge in [-0.1, -0.05) is 67.7 Å². The molecule has 0 aliphatic heterocycles. The Morgan fingerprint density at radius 3 is 1.79 bits per heavy atom. The van der Waals surface area contributed by atoms with Crippen molar-refractivity contribution in [1.29, 1.82) is 0 Å². The lowest BCUT2D eigenvalue weighted by atomic mass is 10.2. The molecular weight excluding hydrogens is 380 g/mol. The third-order valence-electron chi connectivity index (χ3n) is 3.89. The number of unbranched alkanes of at least 4 members (excludes halogenated alkanes) is 2. The van der Waals surface area contributed by atoms with Crippen molar-refractivity contribution in [2.75, 3.05) is 19.5 Å². The largest absolute Gasteiger partial charge is 0.463 e. The molecular formula is C25H40O3S. The Balaban J connectivity index is 3.58. The molecule has 1 atom stereocenters. The highest BCUT2D eigenvalue weighted by atomic mass is 32.2. The van der Waals surface area contributed by atoms with Gasteiger partial charge in [0.05, 0.1) is 6.61 Å². The van der Waals surface area contributed by atoms with Gasteiger partial charge in [0.1, 0.15) is 0 Å². The van der Waals surface area contributed by atoms with E-state index in [9.17, 15) is 4.79 Å². The highest BCUT2D eigenvalue weighted by Crippen LogP contribution is 2.16. The summed E-state index contributed by atoms with van der Waals surface area (Å²) in [6, 6.07) is 0. The normalized spacial score (nSPS) is 13.6. The maximum absolute atomic E-state index is 11.6. The van der Waals surface area contributed by atoms with Crippen LogP contribution in [0.5, 0.6) is 0 Å². The Hall–Kier alpha value is -1.52. The smallest absolute Gasteiger partial charge is 0.345 e. The molecule has 3 nitrogen and oxygen atoms in total. The average molecular weight is 421 g/mol. The molecule has 0 spiro atoms. The van der Waals surface area contributed by atoms with Crippen LogP contribution in [0.3, 0.4) is 0 Å². The number of carbonyl (C=O) groups is 1. The predicted octanol–water partition coefficient (Wildman–Crippen LogP) is 7.18. The molecule has 0 heterocycles. The summed E-state index contributed by atoms with van der Waals surface area (Å²) in [7, 11) is 1.55. The number of carbonyl (C=O) groups excluding carboxylic acids is 1. The predicted molar refractivity (Wildman–Crippen MR) is 128 cm³/mol. The fourth-order valence-corrected chi connectivity index (χ4v) is 3.29. The van der Waals surface area contributed by atoms with Gasteiger partial charge in [0.2, 0.25) is 0 Å². The van der Waals surface area contributed by atoms with E-state index in [1.54, 1.807) is 14.0 Å². The van der Waals surface area contributed by atoms with Crippen LogP contribution in [0.1, 0.15) is 65.2 Å². The number of thioether (sulfide) groups is 1. The van der Waals surface area contributed by atoms with Crippen molar-refractivity contribution >= 4 is 17.7 Å². The number of rotatable bonds is 18. The number of hydrogen-bond acceptors (Lipinski definition) is 4. The Morgan fingerprint density at radius 1 is 0.793 bits per heavy atom. The average Bonchev–Trinajstić information content (AvgIpc) is 2.72. The summed E-state index contributed by atoms with van der Waals surface area (Å²) in [6.07, 6.45) is 30.6. The van der Waals surface area contributed by atoms with E-state index >= 15 is 0 Å². The Morgan fingerprint density at radius 2 is 1.31 bits per heavy atom. The van der Waals surface area contributed by atoms with Crippen molar-refractivity contribution in [2.45, 2.75) is 70.7 Å². The van der Waals surface area contributed by atoms with Crippen LogP contribution in [0.15, 0.2) is 60.8 Å². The molecule has 4 heteroatoms. The second-order valence-electron chi connectivity index (χ2n) is 6.39. The van der Waals surface area contributed by atoms with Crippen molar-refractivity contribution in [3.8, 4) is 0 Å². The minimum Gasteiger partial charge on any atom is -0.463 e. The Bertz CT molecular complexity index is 518. The van der Waals surface area contributed by atoms with Gasteiger partial charge in [0.15, 0.2) is 5.44 Å². The first-order chi connectivity index (χ1) is 14.3. The van der Waals surface area contributed by atoms with Gasteiger partial charge in [-0.15, -0.1) is 11.8 Å². The van der Waals surface area contributed by atoms with E-state index in [0.717, 1.165) is 57.1 Å². The van der Waals surface area contributed by atoms with Gasteiger partial charge in [0, 0.05) is 7.11 Å². The summed E-state index contributed by atoms with van der Waals surface area (Å²) < 4.78 is 10.1. The molecule has 0 aliphatic carbocycles. The lowest BCUT2D eigenvalue weighted by molar-refractivity contribution is -0.149. The van der Waals surface area contributed by atoms with Gasteiger partial charge >= 0.3 is 5.97 Å².